The van der Waals surface area contributed by atoms with Crippen LogP contribution in [0.2, 0.25) is 5.04 Å². The van der Waals surface area contributed by atoms with Crippen molar-refractivity contribution in [3.8, 4) is 6.07 Å². The van der Waals surface area contributed by atoms with Crippen molar-refractivity contribution in [2.24, 2.45) is 22.2 Å². The number of ketones is 1. The van der Waals surface area contributed by atoms with Crippen molar-refractivity contribution in [3.05, 3.63) is 91.0 Å². The molecule has 4 bridgehead atoms. The van der Waals surface area contributed by atoms with E-state index in [2.05, 4.69) is 89.2 Å². The summed E-state index contributed by atoms with van der Waals surface area (Å²) in [7, 11) is -6.48. The number of carbonyl (C=O) groups excluding carboxylic acids is 1. The molecule has 3 aromatic rings. The second-order valence-electron chi connectivity index (χ2n) is 15.5. The average Bonchev–Trinajstić information content (AvgIpc) is 3.04. The Morgan fingerprint density at radius 1 is 0.936 bits per heavy atom. The van der Waals surface area contributed by atoms with Crippen molar-refractivity contribution < 1.29 is 22.4 Å². The zero-order valence-corrected chi connectivity index (χ0v) is 30.1. The van der Waals surface area contributed by atoms with Gasteiger partial charge in [0.05, 0.1) is 34.3 Å². The van der Waals surface area contributed by atoms with E-state index in [0.29, 0.717) is 32.3 Å². The molecule has 248 valence electrons. The molecule has 2 aliphatic heterocycles. The molecule has 2 aliphatic carbocycles. The van der Waals surface area contributed by atoms with Crippen LogP contribution < -0.4 is 10.4 Å². The molecule has 7 rings (SSSR count). The maximum Gasteiger partial charge on any atom is 0.261 e. The zero-order valence-electron chi connectivity index (χ0n) is 28.2. The largest absolute Gasteiger partial charge is 0.407 e. The van der Waals surface area contributed by atoms with Crippen molar-refractivity contribution in [1.29, 1.82) is 5.26 Å². The number of hydrogen-bond donors (Lipinski definition) is 0. The van der Waals surface area contributed by atoms with Gasteiger partial charge in [-0.3, -0.25) is 4.79 Å². The van der Waals surface area contributed by atoms with Crippen molar-refractivity contribution in [2.75, 3.05) is 12.4 Å². The lowest BCUT2D eigenvalue weighted by atomic mass is 9.37. The minimum absolute atomic E-state index is 0.146. The Balaban J connectivity index is 1.37. The highest BCUT2D eigenvalue weighted by Gasteiger charge is 2.74. The van der Waals surface area contributed by atoms with Crippen LogP contribution in [0.5, 0.6) is 0 Å². The first-order valence-electron chi connectivity index (χ1n) is 16.8. The van der Waals surface area contributed by atoms with E-state index in [9.17, 15) is 18.5 Å². The lowest BCUT2D eigenvalue weighted by Crippen LogP contribution is -2.75. The summed E-state index contributed by atoms with van der Waals surface area (Å²) in [6.45, 7) is 11.4. The molecule has 4 aliphatic rings. The topological polar surface area (TPSA) is 93.5 Å². The van der Waals surface area contributed by atoms with E-state index in [4.69, 9.17) is 9.16 Å². The third-order valence-electron chi connectivity index (χ3n) is 12.1. The molecule has 47 heavy (non-hydrogen) atoms. The van der Waals surface area contributed by atoms with E-state index in [0.717, 1.165) is 0 Å². The van der Waals surface area contributed by atoms with E-state index in [1.165, 1.54) is 10.4 Å². The number of ether oxygens (including phenoxy) is 1. The fourth-order valence-electron chi connectivity index (χ4n) is 9.58. The molecule has 0 amide bonds. The lowest BCUT2D eigenvalue weighted by Gasteiger charge is -2.71. The number of benzene rings is 3. The van der Waals surface area contributed by atoms with E-state index >= 15 is 0 Å². The van der Waals surface area contributed by atoms with Gasteiger partial charge >= 0.3 is 0 Å². The van der Waals surface area contributed by atoms with Gasteiger partial charge in [-0.2, -0.15) is 5.26 Å². The molecular weight excluding hydrogens is 623 g/mol. The molecule has 5 atom stereocenters. The summed E-state index contributed by atoms with van der Waals surface area (Å²) in [5, 5.41) is 12.3. The molecule has 4 fully saturated rings. The molecule has 0 radical (unpaired) electrons. The molecular formula is C39H47NO5SSi. The van der Waals surface area contributed by atoms with E-state index in [1.54, 1.807) is 30.3 Å². The first-order chi connectivity index (χ1) is 22.3. The third kappa shape index (κ3) is 5.25. The van der Waals surface area contributed by atoms with Gasteiger partial charge in [0.1, 0.15) is 5.78 Å². The summed E-state index contributed by atoms with van der Waals surface area (Å²) in [6, 6.07) is 31.9. The maximum absolute atomic E-state index is 14.3. The van der Waals surface area contributed by atoms with Gasteiger partial charge in [0, 0.05) is 24.9 Å². The molecule has 2 saturated heterocycles. The van der Waals surface area contributed by atoms with Crippen LogP contribution in [0.25, 0.3) is 0 Å². The number of carbonyl (C=O) groups is 1. The summed E-state index contributed by atoms with van der Waals surface area (Å²) in [5.41, 5.74) is -1.79. The van der Waals surface area contributed by atoms with Crippen LogP contribution in [0.3, 0.4) is 0 Å². The number of fused-ring (bicyclic) bond motifs is 1. The van der Waals surface area contributed by atoms with Crippen molar-refractivity contribution >= 4 is 34.3 Å². The Bertz CT molecular complexity index is 1710. The van der Waals surface area contributed by atoms with Crippen LogP contribution in [0.1, 0.15) is 66.7 Å². The van der Waals surface area contributed by atoms with Crippen molar-refractivity contribution in [3.63, 3.8) is 0 Å². The molecule has 3 aromatic carbocycles. The number of Topliss-reactive ketones (excluding diaryl/α,β-unsaturated/α-hetero) is 1. The van der Waals surface area contributed by atoms with Crippen LogP contribution in [0.15, 0.2) is 95.9 Å². The van der Waals surface area contributed by atoms with Crippen LogP contribution in [-0.4, -0.2) is 47.1 Å². The summed E-state index contributed by atoms with van der Waals surface area (Å²) >= 11 is 0. The van der Waals surface area contributed by atoms with Crippen LogP contribution in [-0.2, 0) is 23.8 Å². The molecule has 0 N–H and O–H groups in total. The number of hydrogen-bond acceptors (Lipinski definition) is 6. The molecule has 0 spiro atoms. The fourth-order valence-corrected chi connectivity index (χ4v) is 15.7. The van der Waals surface area contributed by atoms with Crippen LogP contribution in [0.4, 0.5) is 0 Å². The van der Waals surface area contributed by atoms with Gasteiger partial charge in [0.15, 0.2) is 9.84 Å². The van der Waals surface area contributed by atoms with Gasteiger partial charge in [-0.05, 0) is 58.1 Å². The lowest BCUT2D eigenvalue weighted by molar-refractivity contribution is -0.312. The number of sulfone groups is 1. The second-order valence-corrected chi connectivity index (χ2v) is 21.9. The van der Waals surface area contributed by atoms with Gasteiger partial charge in [0.2, 0.25) is 0 Å². The summed E-state index contributed by atoms with van der Waals surface area (Å²) < 4.78 is 41.4. The fraction of sp³-hybridized carbons (Fsp3) is 0.487. The summed E-state index contributed by atoms with van der Waals surface area (Å²) in [6.07, 6.45) is 1.11. The molecule has 2 saturated carbocycles. The third-order valence-corrected chi connectivity index (χ3v) is 18.9. The van der Waals surface area contributed by atoms with Gasteiger partial charge < -0.3 is 9.16 Å². The Morgan fingerprint density at radius 3 is 2.02 bits per heavy atom. The predicted octanol–water partition coefficient (Wildman–Crippen LogP) is 6.49. The van der Waals surface area contributed by atoms with Crippen molar-refractivity contribution in [2.45, 2.75) is 88.9 Å². The Hall–Kier alpha value is -3.09. The molecule has 6 nitrogen and oxygen atoms in total. The van der Waals surface area contributed by atoms with Gasteiger partial charge in [-0.25, -0.2) is 8.42 Å². The smallest absolute Gasteiger partial charge is 0.261 e. The highest BCUT2D eigenvalue weighted by molar-refractivity contribution is 7.91. The Morgan fingerprint density at radius 2 is 1.49 bits per heavy atom. The first-order valence-corrected chi connectivity index (χ1v) is 20.4. The standard InChI is InChI=1S/C39H47NO5SSi/c1-36(2,3)47(30-17-11-7-12-18-30,31-19-13-8-14-20-31)44-26-24-38-27-32-33(28-46(42,43)29-15-9-6-10-16-29)45-35(38)39(23-25-40,37(32,4)5)22-21-34(38)41/h6-20,32-33,35H,21-24,26-28H2,1-5H3/t32-,33+,35+,38+,39+/m1/s1. The quantitative estimate of drug-likeness (QED) is 0.229. The molecule has 0 aromatic heterocycles. The zero-order chi connectivity index (χ0) is 33.7. The van der Waals surface area contributed by atoms with E-state index in [-0.39, 0.29) is 33.8 Å². The number of nitrogens with zero attached hydrogens (tertiary/aromatic N) is 1. The number of nitriles is 1. The van der Waals surface area contributed by atoms with E-state index < -0.39 is 46.6 Å². The SMILES string of the molecule is CC1(C)[C@@H]2C[C@@]3(CCO[Si](c4ccccc4)(c4ccccc4)C(C)(C)C)C(=O)CC[C@]1(CC#N)[C@H]3O[C@H]2CS(=O)(=O)c1ccccc1. The summed E-state index contributed by atoms with van der Waals surface area (Å²) in [4.78, 5) is 14.5. The summed E-state index contributed by atoms with van der Waals surface area (Å²) in [5.74, 6) is -0.198. The van der Waals surface area contributed by atoms with E-state index in [1.807, 2.05) is 12.1 Å². The maximum atomic E-state index is 14.3. The minimum Gasteiger partial charge on any atom is -0.407 e. The predicted molar refractivity (Wildman–Crippen MR) is 187 cm³/mol. The van der Waals surface area contributed by atoms with Crippen LogP contribution in [0, 0.1) is 33.5 Å². The van der Waals surface area contributed by atoms with Crippen molar-refractivity contribution in [1.82, 2.24) is 0 Å². The normalized spacial score (nSPS) is 28.5. The highest BCUT2D eigenvalue weighted by Crippen LogP contribution is 2.71. The average molecular weight is 670 g/mol. The molecule has 8 heteroatoms. The monoisotopic (exact) mass is 669 g/mol. The second kappa shape index (κ2) is 12.1. The van der Waals surface area contributed by atoms with Crippen LogP contribution >= 0.6 is 0 Å². The first kappa shape index (κ1) is 33.8. The Labute approximate surface area is 281 Å². The minimum atomic E-state index is -3.63. The van der Waals surface area contributed by atoms with Gasteiger partial charge in [-0.15, -0.1) is 0 Å². The Kier molecular flexibility index (Phi) is 8.70. The highest BCUT2D eigenvalue weighted by atomic mass is 32.2. The molecule has 0 unspecified atom stereocenters. The van der Waals surface area contributed by atoms with Gasteiger partial charge in [-0.1, -0.05) is 113 Å². The number of rotatable bonds is 10. The molecule has 2 heterocycles. The van der Waals surface area contributed by atoms with Gasteiger partial charge in [0.25, 0.3) is 8.32 Å².